The number of nitrogens with zero attached hydrogens (tertiary/aromatic N) is 18. The number of tetrazole rings is 4. The summed E-state index contributed by atoms with van der Waals surface area (Å²) in [6, 6.07) is 56.6. The fraction of sp³-hybridized carbons (Fsp3) is 0.374. The molecule has 12 aromatic rings. The number of rotatable bonds is 12. The predicted octanol–water partition coefficient (Wildman–Crippen LogP) is 15.3. The highest BCUT2D eigenvalue weighted by atomic mass is 16.6. The second-order valence-electron chi connectivity index (χ2n) is 35.4. The Morgan fingerprint density at radius 2 is 0.603 bits per heavy atom. The van der Waals surface area contributed by atoms with Gasteiger partial charge in [0.1, 0.15) is 79.6 Å². The number of methoxy groups -OCH3 is 4. The Morgan fingerprint density at radius 3 is 0.840 bits per heavy atom. The van der Waals surface area contributed by atoms with E-state index in [1.165, 1.54) is 9.59 Å². The minimum absolute atomic E-state index is 0. The van der Waals surface area contributed by atoms with E-state index in [2.05, 4.69) is 157 Å². The number of nitrogens with one attached hydrogen (secondary N) is 2. The van der Waals surface area contributed by atoms with E-state index in [1.54, 1.807) is 61.7 Å². The van der Waals surface area contributed by atoms with Crippen molar-refractivity contribution >= 4 is 34.5 Å². The first-order valence-corrected chi connectivity index (χ1v) is 43.8. The lowest BCUT2D eigenvalue weighted by atomic mass is 9.82. The van der Waals surface area contributed by atoms with Gasteiger partial charge in [0.15, 0.2) is 11.6 Å². The Bertz CT molecular complexity index is 6230. The summed E-state index contributed by atoms with van der Waals surface area (Å²) in [5, 5.41) is 55.0. The van der Waals surface area contributed by atoms with Crippen molar-refractivity contribution in [2.75, 3.05) is 80.8 Å². The Balaban J connectivity index is 0.000000128. The second-order valence-corrected chi connectivity index (χ2v) is 35.4. The number of hydrogen-bond donors (Lipinski definition) is 2. The van der Waals surface area contributed by atoms with Crippen LogP contribution < -0.4 is 48.5 Å². The molecule has 12 heterocycles. The number of aromatic nitrogens is 16. The Labute approximate surface area is 761 Å². The summed E-state index contributed by atoms with van der Waals surface area (Å²) in [5.74, 6) is 9.08. The van der Waals surface area contributed by atoms with Gasteiger partial charge in [0.25, 0.3) is 0 Å². The van der Waals surface area contributed by atoms with Gasteiger partial charge in [-0.15, -0.1) is 30.6 Å². The number of amides is 2. The minimum atomic E-state index is -0.529. The van der Waals surface area contributed by atoms with Gasteiger partial charge < -0.3 is 67.8 Å². The number of piperidine rings is 4. The maximum atomic E-state index is 12.6. The molecule has 8 aliphatic heterocycles. The Kier molecular flexibility index (Phi) is 25.8. The molecule has 0 radical (unpaired) electrons. The van der Waals surface area contributed by atoms with Crippen molar-refractivity contribution in [2.45, 2.75) is 134 Å². The van der Waals surface area contributed by atoms with Crippen molar-refractivity contribution in [3.63, 3.8) is 0 Å². The van der Waals surface area contributed by atoms with E-state index in [0.29, 0.717) is 69.3 Å². The van der Waals surface area contributed by atoms with Crippen LogP contribution in [0.2, 0.25) is 0 Å². The van der Waals surface area contributed by atoms with Crippen LogP contribution in [-0.4, -0.2) is 217 Å². The van der Waals surface area contributed by atoms with Crippen LogP contribution in [0.4, 0.5) is 9.59 Å². The minimum Gasteiger partial charge on any atom is -0.496 e. The van der Waals surface area contributed by atoms with E-state index >= 15 is 0 Å². The summed E-state index contributed by atoms with van der Waals surface area (Å²) < 4.78 is 63.5. The number of carbonyl (C=O) groups is 2. The molecule has 8 aliphatic rings. The van der Waals surface area contributed by atoms with Crippen LogP contribution in [0.5, 0.6) is 46.0 Å². The molecule has 0 aliphatic carbocycles. The van der Waals surface area contributed by atoms with Gasteiger partial charge in [-0.05, 0) is 216 Å². The van der Waals surface area contributed by atoms with Gasteiger partial charge in [0.05, 0.1) is 64.8 Å². The van der Waals surface area contributed by atoms with Gasteiger partial charge in [-0.2, -0.15) is 9.59 Å². The third-order valence-electron chi connectivity index (χ3n) is 24.3. The molecule has 4 saturated heterocycles. The zero-order valence-electron chi connectivity index (χ0n) is 75.7. The van der Waals surface area contributed by atoms with Gasteiger partial charge >= 0.3 is 12.2 Å². The quantitative estimate of drug-likeness (QED) is 0.115. The molecule has 0 saturated carbocycles. The number of ether oxygens (including phenoxy) is 10. The summed E-state index contributed by atoms with van der Waals surface area (Å²) in [7, 11) is 13.9. The topological polar surface area (TPSA) is 331 Å². The number of benzene rings is 8. The normalized spacial score (nSPS) is 16.9. The van der Waals surface area contributed by atoms with Gasteiger partial charge in [0, 0.05) is 114 Å². The molecule has 8 aromatic carbocycles. The van der Waals surface area contributed by atoms with Crippen molar-refractivity contribution in [1.29, 1.82) is 0 Å². The maximum Gasteiger partial charge on any atom is 0.410 e. The number of aryl methyl sites for hydroxylation is 4. The van der Waals surface area contributed by atoms with Crippen LogP contribution in [0.3, 0.4) is 0 Å². The van der Waals surface area contributed by atoms with Gasteiger partial charge in [-0.25, -0.2) is 19.0 Å². The molecule has 20 rings (SSSR count). The lowest BCUT2D eigenvalue weighted by molar-refractivity contribution is -0.00240. The zero-order chi connectivity index (χ0) is 90.7. The second kappa shape index (κ2) is 37.5. The lowest BCUT2D eigenvalue weighted by Crippen LogP contribution is -2.50. The Morgan fingerprint density at radius 1 is 0.344 bits per heavy atom. The van der Waals surface area contributed by atoms with Crippen LogP contribution >= 0.6 is 0 Å². The first-order valence-electron chi connectivity index (χ1n) is 43.8. The maximum absolute atomic E-state index is 12.6. The van der Waals surface area contributed by atoms with Crippen LogP contribution in [0.1, 0.15) is 145 Å². The molecule has 4 fully saturated rings. The summed E-state index contributed by atoms with van der Waals surface area (Å²) in [5.41, 5.74) is 13.6. The molecule has 4 spiro atoms. The van der Waals surface area contributed by atoms with E-state index in [0.717, 1.165) is 193 Å². The standard InChI is InChI=1S/2C27H31N5O4.2C22H23N5O2.CH4/c1-26(2,3)36-25(33)32-15-13-27(14-16-32)17-20(23-21(34-5)7-6-8-22(23)35-27)18-9-11-19(12-10-18)24-28-29-30-31(24)4;1-26(2,3)36-25(33)32-15-13-27(14-16-32)17-20(23-21(34-5)7-6-8-22(23)35-27)18-9-11-19(12-10-18)24-28-30-31(4)29-24;1-27-21(24-25-26-27)16-8-6-15(7-9-16)17-14-22(10-12-23-13-11-22)29-19-5-3-4-18(28-2)20(17)19;1-27-25-21(24-26-27)16-8-6-15(7-9-16)17-14-22(10-12-23-13-11-22)29-19-5-3-4-18(28-2)20(17)19;/h2*6-12,17H,13-16H2,1-5H3;2*3-9,14,23H,10-13H2,1-2H3;1H4. The Hall–Kier alpha value is -14.1. The summed E-state index contributed by atoms with van der Waals surface area (Å²) in [4.78, 5) is 31.7. The molecule has 32 nitrogen and oxygen atoms in total. The molecule has 32 heteroatoms. The molecule has 2 N–H and O–H groups in total. The average Bonchev–Trinajstić information content (AvgIpc) is 1.09. The first kappa shape index (κ1) is 90.2. The molecule has 2 amide bonds. The molecule has 131 heavy (non-hydrogen) atoms. The first-order chi connectivity index (χ1) is 62.7. The summed E-state index contributed by atoms with van der Waals surface area (Å²) >= 11 is 0. The third kappa shape index (κ3) is 19.5. The van der Waals surface area contributed by atoms with Gasteiger partial charge in [-0.3, -0.25) is 0 Å². The number of carbonyl (C=O) groups excluding carboxylic acids is 2. The van der Waals surface area contributed by atoms with Crippen molar-refractivity contribution in [1.82, 2.24) is 101 Å². The van der Waals surface area contributed by atoms with Crippen molar-refractivity contribution in [3.05, 3.63) is 239 Å². The zero-order valence-corrected chi connectivity index (χ0v) is 75.7. The molecule has 0 bridgehead atoms. The SMILES string of the molecule is C.COc1cccc2c1C(c1ccc(-c3nnn(C)n3)cc1)=CC1(CCN(C(=O)OC(C)(C)C)CC1)O2.COc1cccc2c1C(c1ccc(-c3nnn(C)n3)cc1)=CC1(CCNCC1)O2.COc1cccc2c1C(c1ccc(-c3nnnn3C)cc1)=CC1(CCN(C(=O)OC(C)(C)C)CC1)O2.COc1cccc2c1C(c1ccc(-c3nnnn3C)cc1)=CC1(CCNCC1)O2. The molecular weight excluding hydrogens is 1660 g/mol. The summed E-state index contributed by atoms with van der Waals surface area (Å²) in [6.07, 6.45) is 14.8. The highest BCUT2D eigenvalue weighted by Gasteiger charge is 2.46. The smallest absolute Gasteiger partial charge is 0.410 e. The van der Waals surface area contributed by atoms with Crippen molar-refractivity contribution in [2.24, 2.45) is 28.2 Å². The monoisotopic (exact) mass is 1770 g/mol. The predicted molar refractivity (Wildman–Crippen MR) is 496 cm³/mol. The third-order valence-corrected chi connectivity index (χ3v) is 24.3. The molecular formula is C99H112N20O12. The summed E-state index contributed by atoms with van der Waals surface area (Å²) in [6.45, 7) is 17.3. The van der Waals surface area contributed by atoms with Crippen LogP contribution in [0, 0.1) is 0 Å². The van der Waals surface area contributed by atoms with E-state index < -0.39 is 22.4 Å². The van der Waals surface area contributed by atoms with E-state index in [-0.39, 0.29) is 30.8 Å². The van der Waals surface area contributed by atoms with Gasteiger partial charge in [-0.1, -0.05) is 129 Å². The lowest BCUT2D eigenvalue weighted by Gasteiger charge is -2.43. The largest absolute Gasteiger partial charge is 0.496 e. The molecule has 680 valence electrons. The van der Waals surface area contributed by atoms with E-state index in [1.807, 2.05) is 165 Å². The van der Waals surface area contributed by atoms with Crippen LogP contribution in [0.25, 0.3) is 67.8 Å². The van der Waals surface area contributed by atoms with Crippen LogP contribution in [-0.2, 0) is 37.7 Å². The molecule has 4 aromatic heterocycles. The van der Waals surface area contributed by atoms with Crippen molar-refractivity contribution in [3.8, 4) is 91.5 Å². The fourth-order valence-electron chi connectivity index (χ4n) is 17.8. The molecule has 0 unspecified atom stereocenters. The van der Waals surface area contributed by atoms with Crippen molar-refractivity contribution < 1.29 is 57.0 Å². The highest BCUT2D eigenvalue weighted by Crippen LogP contribution is 2.53. The van der Waals surface area contributed by atoms with Crippen LogP contribution in [0.15, 0.2) is 194 Å². The van der Waals surface area contributed by atoms with Gasteiger partial charge in [0.2, 0.25) is 11.6 Å². The number of hydrogen-bond acceptors (Lipinski definition) is 26. The molecule has 0 atom stereocenters. The average molecular weight is 1770 g/mol. The number of fused-ring (bicyclic) bond motifs is 4. The van der Waals surface area contributed by atoms with E-state index in [4.69, 9.17) is 47.4 Å². The fourth-order valence-corrected chi connectivity index (χ4v) is 17.8. The number of likely N-dealkylation sites (tertiary alicyclic amines) is 2. The highest BCUT2D eigenvalue weighted by molar-refractivity contribution is 5.92. The van der Waals surface area contributed by atoms with E-state index in [9.17, 15) is 9.59 Å².